The SMILES string of the molecule is CCc1cc(=O)c(CNC(C)=O)c(NC)n1CC. The van der Waals surface area contributed by atoms with Crippen molar-refractivity contribution in [1.29, 1.82) is 0 Å². The second-order valence-electron chi connectivity index (χ2n) is 4.08. The van der Waals surface area contributed by atoms with E-state index in [0.717, 1.165) is 24.5 Å². The van der Waals surface area contributed by atoms with Gasteiger partial charge < -0.3 is 15.2 Å². The molecule has 0 aromatic carbocycles. The number of amides is 1. The van der Waals surface area contributed by atoms with E-state index in [1.807, 2.05) is 13.8 Å². The van der Waals surface area contributed by atoms with Gasteiger partial charge in [0.15, 0.2) is 5.43 Å². The number of carbonyl (C=O) groups is 1. The molecule has 100 valence electrons. The van der Waals surface area contributed by atoms with Crippen molar-refractivity contribution in [2.75, 3.05) is 12.4 Å². The van der Waals surface area contributed by atoms with Crippen LogP contribution in [0.4, 0.5) is 5.82 Å². The van der Waals surface area contributed by atoms with Gasteiger partial charge in [0.05, 0.1) is 12.1 Å². The Morgan fingerprint density at radius 3 is 2.50 bits per heavy atom. The first-order valence-electron chi connectivity index (χ1n) is 6.22. The van der Waals surface area contributed by atoms with E-state index in [1.165, 1.54) is 6.92 Å². The van der Waals surface area contributed by atoms with E-state index in [9.17, 15) is 9.59 Å². The van der Waals surface area contributed by atoms with Crippen LogP contribution >= 0.6 is 0 Å². The maximum Gasteiger partial charge on any atom is 0.217 e. The monoisotopic (exact) mass is 251 g/mol. The molecule has 0 bridgehead atoms. The molecule has 0 atom stereocenters. The van der Waals surface area contributed by atoms with Gasteiger partial charge in [-0.25, -0.2) is 0 Å². The van der Waals surface area contributed by atoms with Crippen molar-refractivity contribution in [3.8, 4) is 0 Å². The van der Waals surface area contributed by atoms with Gasteiger partial charge in [0.2, 0.25) is 5.91 Å². The van der Waals surface area contributed by atoms with E-state index in [0.29, 0.717) is 5.56 Å². The lowest BCUT2D eigenvalue weighted by molar-refractivity contribution is -0.119. The molecule has 5 heteroatoms. The summed E-state index contributed by atoms with van der Waals surface area (Å²) in [7, 11) is 1.79. The molecule has 18 heavy (non-hydrogen) atoms. The van der Waals surface area contributed by atoms with E-state index >= 15 is 0 Å². The predicted octanol–water partition coefficient (Wildman–Crippen LogP) is 1.11. The first-order chi connectivity index (χ1) is 8.54. The Hall–Kier alpha value is -1.78. The van der Waals surface area contributed by atoms with Crippen LogP contribution in [-0.4, -0.2) is 17.5 Å². The maximum atomic E-state index is 12.1. The Labute approximate surface area is 107 Å². The van der Waals surface area contributed by atoms with Gasteiger partial charge in [0.25, 0.3) is 0 Å². The standard InChI is InChI=1S/C13H21N3O2/c1-5-10-7-12(18)11(8-15-9(3)17)13(14-4)16(10)6-2/h7,14H,5-6,8H2,1-4H3,(H,15,17). The third kappa shape index (κ3) is 2.91. The van der Waals surface area contributed by atoms with Gasteiger partial charge in [-0.1, -0.05) is 6.92 Å². The molecule has 0 unspecified atom stereocenters. The van der Waals surface area contributed by atoms with Crippen LogP contribution in [0.5, 0.6) is 0 Å². The zero-order valence-electron chi connectivity index (χ0n) is 11.5. The lowest BCUT2D eigenvalue weighted by Gasteiger charge is -2.19. The molecule has 2 N–H and O–H groups in total. The molecular formula is C13H21N3O2. The van der Waals surface area contributed by atoms with E-state index in [1.54, 1.807) is 13.1 Å². The fourth-order valence-corrected chi connectivity index (χ4v) is 2.06. The summed E-state index contributed by atoms with van der Waals surface area (Å²) < 4.78 is 2.07. The largest absolute Gasteiger partial charge is 0.374 e. The molecular weight excluding hydrogens is 230 g/mol. The molecule has 0 spiro atoms. The lowest BCUT2D eigenvalue weighted by atomic mass is 10.1. The van der Waals surface area contributed by atoms with Crippen molar-refractivity contribution < 1.29 is 4.79 Å². The summed E-state index contributed by atoms with van der Waals surface area (Å²) in [6.07, 6.45) is 0.804. The number of hydrogen-bond donors (Lipinski definition) is 2. The smallest absolute Gasteiger partial charge is 0.217 e. The highest BCUT2D eigenvalue weighted by molar-refractivity contribution is 5.73. The van der Waals surface area contributed by atoms with Gasteiger partial charge in [-0.2, -0.15) is 0 Å². The summed E-state index contributed by atoms with van der Waals surface area (Å²) in [5.41, 5.74) is 1.57. The summed E-state index contributed by atoms with van der Waals surface area (Å²) >= 11 is 0. The van der Waals surface area contributed by atoms with Crippen LogP contribution < -0.4 is 16.1 Å². The summed E-state index contributed by atoms with van der Waals surface area (Å²) in [5.74, 6) is 0.648. The molecule has 0 aliphatic heterocycles. The number of nitrogens with zero attached hydrogens (tertiary/aromatic N) is 1. The minimum atomic E-state index is -0.140. The summed E-state index contributed by atoms with van der Waals surface area (Å²) in [4.78, 5) is 23.0. The predicted molar refractivity (Wildman–Crippen MR) is 72.8 cm³/mol. The average Bonchev–Trinajstić information content (AvgIpc) is 2.35. The number of carbonyl (C=O) groups excluding carboxylic acids is 1. The lowest BCUT2D eigenvalue weighted by Crippen LogP contribution is -2.27. The maximum absolute atomic E-state index is 12.1. The molecule has 1 heterocycles. The molecule has 0 radical (unpaired) electrons. The molecule has 0 saturated carbocycles. The Morgan fingerprint density at radius 2 is 2.06 bits per heavy atom. The molecule has 1 aromatic heterocycles. The summed E-state index contributed by atoms with van der Waals surface area (Å²) in [5, 5.41) is 5.74. The normalized spacial score (nSPS) is 10.2. The number of rotatable bonds is 5. The van der Waals surface area contributed by atoms with Crippen LogP contribution in [0.25, 0.3) is 0 Å². The van der Waals surface area contributed by atoms with Crippen molar-refractivity contribution in [2.24, 2.45) is 0 Å². The topological polar surface area (TPSA) is 63.1 Å². The third-order valence-electron chi connectivity index (χ3n) is 2.93. The minimum absolute atomic E-state index is 0.0327. The molecule has 0 aliphatic carbocycles. The highest BCUT2D eigenvalue weighted by Crippen LogP contribution is 2.15. The van der Waals surface area contributed by atoms with Crippen molar-refractivity contribution in [3.05, 3.63) is 27.5 Å². The second kappa shape index (κ2) is 6.23. The van der Waals surface area contributed by atoms with Crippen LogP contribution in [0.2, 0.25) is 0 Å². The van der Waals surface area contributed by atoms with Crippen molar-refractivity contribution in [3.63, 3.8) is 0 Å². The number of anilines is 1. The number of aromatic nitrogens is 1. The Kier molecular flexibility index (Phi) is 4.95. The zero-order valence-corrected chi connectivity index (χ0v) is 11.5. The highest BCUT2D eigenvalue weighted by atomic mass is 16.1. The van der Waals surface area contributed by atoms with Crippen LogP contribution in [0, 0.1) is 0 Å². The van der Waals surface area contributed by atoms with Crippen molar-refractivity contribution in [2.45, 2.75) is 40.3 Å². The van der Waals surface area contributed by atoms with E-state index in [-0.39, 0.29) is 17.9 Å². The van der Waals surface area contributed by atoms with Gasteiger partial charge in [0.1, 0.15) is 5.82 Å². The van der Waals surface area contributed by atoms with E-state index < -0.39 is 0 Å². The second-order valence-corrected chi connectivity index (χ2v) is 4.08. The average molecular weight is 251 g/mol. The minimum Gasteiger partial charge on any atom is -0.374 e. The quantitative estimate of drug-likeness (QED) is 0.824. The van der Waals surface area contributed by atoms with Gasteiger partial charge in [0, 0.05) is 32.3 Å². The van der Waals surface area contributed by atoms with E-state index in [4.69, 9.17) is 0 Å². The molecule has 5 nitrogen and oxygen atoms in total. The third-order valence-corrected chi connectivity index (χ3v) is 2.93. The van der Waals surface area contributed by atoms with Crippen LogP contribution in [0.3, 0.4) is 0 Å². The van der Waals surface area contributed by atoms with E-state index in [2.05, 4.69) is 15.2 Å². The Bertz CT molecular complexity index is 492. The van der Waals surface area contributed by atoms with Crippen molar-refractivity contribution >= 4 is 11.7 Å². The number of nitrogens with one attached hydrogen (secondary N) is 2. The first-order valence-corrected chi connectivity index (χ1v) is 6.22. The van der Waals surface area contributed by atoms with Crippen LogP contribution in [0.15, 0.2) is 10.9 Å². The molecule has 0 saturated heterocycles. The molecule has 1 amide bonds. The number of hydrogen-bond acceptors (Lipinski definition) is 3. The van der Waals surface area contributed by atoms with Gasteiger partial charge in [-0.15, -0.1) is 0 Å². The van der Waals surface area contributed by atoms with Crippen molar-refractivity contribution in [1.82, 2.24) is 9.88 Å². The number of aryl methyl sites for hydroxylation is 1. The Morgan fingerprint density at radius 1 is 1.39 bits per heavy atom. The fraction of sp³-hybridized carbons (Fsp3) is 0.538. The number of pyridine rings is 1. The summed E-state index contributed by atoms with van der Waals surface area (Å²) in [6.45, 7) is 6.54. The molecule has 1 rings (SSSR count). The highest BCUT2D eigenvalue weighted by Gasteiger charge is 2.13. The van der Waals surface area contributed by atoms with Gasteiger partial charge >= 0.3 is 0 Å². The van der Waals surface area contributed by atoms with Gasteiger partial charge in [-0.05, 0) is 13.3 Å². The summed E-state index contributed by atoms with van der Waals surface area (Å²) in [6, 6.07) is 1.65. The molecule has 0 fully saturated rings. The Balaban J connectivity index is 3.32. The van der Waals surface area contributed by atoms with Crippen LogP contribution in [0.1, 0.15) is 32.0 Å². The molecule has 1 aromatic rings. The van der Waals surface area contributed by atoms with Gasteiger partial charge in [-0.3, -0.25) is 9.59 Å². The molecule has 0 aliphatic rings. The van der Waals surface area contributed by atoms with Crippen LogP contribution in [-0.2, 0) is 24.3 Å². The first kappa shape index (κ1) is 14.3. The fourth-order valence-electron chi connectivity index (χ4n) is 2.06. The zero-order chi connectivity index (χ0) is 13.7.